The van der Waals surface area contributed by atoms with Crippen molar-refractivity contribution in [1.29, 1.82) is 0 Å². The molecule has 1 aromatic carbocycles. The Morgan fingerprint density at radius 3 is 2.43 bits per heavy atom. The van der Waals surface area contributed by atoms with Gasteiger partial charge >= 0.3 is 6.61 Å². The summed E-state index contributed by atoms with van der Waals surface area (Å²) >= 11 is 0. The average Bonchev–Trinajstić information content (AvgIpc) is 3.49. The van der Waals surface area contributed by atoms with E-state index in [2.05, 4.69) is 35.5 Å². The van der Waals surface area contributed by atoms with Crippen molar-refractivity contribution in [1.82, 2.24) is 25.5 Å². The lowest BCUT2D eigenvalue weighted by Gasteiger charge is -2.18. The first-order valence-corrected chi connectivity index (χ1v) is 11.5. The van der Waals surface area contributed by atoms with E-state index in [1.807, 2.05) is 19.0 Å². The Labute approximate surface area is 211 Å². The Balaban J connectivity index is 0.00000102. The summed E-state index contributed by atoms with van der Waals surface area (Å²) < 4.78 is 49.1. The van der Waals surface area contributed by atoms with Gasteiger partial charge in [-0.25, -0.2) is 9.37 Å². The number of hydrogen-bond donors (Lipinski definition) is 2. The van der Waals surface area contributed by atoms with Crippen molar-refractivity contribution in [3.05, 3.63) is 48.0 Å². The molecule has 13 heteroatoms. The number of aldehydes is 1. The number of anilines is 3. The van der Waals surface area contributed by atoms with E-state index in [0.717, 1.165) is 19.3 Å². The van der Waals surface area contributed by atoms with Crippen molar-refractivity contribution in [2.45, 2.75) is 6.61 Å². The van der Waals surface area contributed by atoms with Gasteiger partial charge in [0.25, 0.3) is 0 Å². The summed E-state index contributed by atoms with van der Waals surface area (Å²) in [4.78, 5) is 21.9. The fourth-order valence-electron chi connectivity index (χ4n) is 4.17. The molecule has 5 rings (SSSR count). The van der Waals surface area contributed by atoms with Crippen molar-refractivity contribution >= 4 is 23.9 Å². The van der Waals surface area contributed by atoms with Crippen molar-refractivity contribution < 1.29 is 27.4 Å². The minimum Gasteiger partial charge on any atom is -0.435 e. The Morgan fingerprint density at radius 2 is 1.81 bits per heavy atom. The maximum absolute atomic E-state index is 14.5. The molecule has 0 aliphatic carbocycles. The molecule has 0 amide bonds. The number of benzene rings is 1. The Kier molecular flexibility index (Phi) is 8.46. The van der Waals surface area contributed by atoms with Crippen LogP contribution in [0.25, 0.3) is 11.1 Å². The third kappa shape index (κ3) is 6.30. The number of rotatable bonds is 7. The molecule has 0 bridgehead atoms. The van der Waals surface area contributed by atoms with Crippen LogP contribution < -0.4 is 20.3 Å². The minimum atomic E-state index is -2.95. The smallest absolute Gasteiger partial charge is 0.387 e. The van der Waals surface area contributed by atoms with Gasteiger partial charge in [-0.3, -0.25) is 4.79 Å². The molecule has 37 heavy (non-hydrogen) atoms. The first-order valence-electron chi connectivity index (χ1n) is 11.5. The summed E-state index contributed by atoms with van der Waals surface area (Å²) in [5.41, 5.74) is 0.914. The zero-order valence-corrected chi connectivity index (χ0v) is 20.2. The number of halogens is 3. The first-order chi connectivity index (χ1) is 17.9. The van der Waals surface area contributed by atoms with Crippen molar-refractivity contribution in [2.24, 2.45) is 11.8 Å². The normalized spacial score (nSPS) is 18.3. The van der Waals surface area contributed by atoms with Crippen LogP contribution in [0.3, 0.4) is 0 Å². The molecule has 2 saturated heterocycles. The highest BCUT2D eigenvalue weighted by molar-refractivity contribution is 5.86. The van der Waals surface area contributed by atoms with Crippen LogP contribution in [0.1, 0.15) is 10.5 Å². The van der Waals surface area contributed by atoms with Crippen LogP contribution in [0.5, 0.6) is 5.75 Å². The molecule has 2 atom stereocenters. The molecular formula is C24H26F3N7O3. The zero-order chi connectivity index (χ0) is 26.4. The van der Waals surface area contributed by atoms with Crippen molar-refractivity contribution in [3.8, 4) is 16.9 Å². The van der Waals surface area contributed by atoms with E-state index in [4.69, 9.17) is 4.74 Å². The molecule has 196 valence electrons. The first kappa shape index (κ1) is 26.2. The summed E-state index contributed by atoms with van der Waals surface area (Å²) in [5.74, 6) is 0.564. The summed E-state index contributed by atoms with van der Waals surface area (Å²) in [6.45, 7) is -0.0809. The van der Waals surface area contributed by atoms with Gasteiger partial charge in [0.2, 0.25) is 5.95 Å². The average molecular weight is 518 g/mol. The SMILES string of the molecule is CNC.O=Cc1nnc(Nc2nc(N3CC4COCC4C3)ncc2F)cc1-c1ccc(OC(F)F)cc1. The molecule has 2 aliphatic heterocycles. The fourth-order valence-corrected chi connectivity index (χ4v) is 4.17. The van der Waals surface area contributed by atoms with Gasteiger partial charge in [-0.15, -0.1) is 10.2 Å². The highest BCUT2D eigenvalue weighted by atomic mass is 19.3. The second kappa shape index (κ2) is 11.9. The van der Waals surface area contributed by atoms with Gasteiger partial charge in [0, 0.05) is 30.5 Å². The lowest BCUT2D eigenvalue weighted by molar-refractivity contribution is -0.0498. The molecule has 0 spiro atoms. The Morgan fingerprint density at radius 1 is 1.14 bits per heavy atom. The van der Waals surface area contributed by atoms with Crippen LogP contribution in [0.2, 0.25) is 0 Å². The van der Waals surface area contributed by atoms with E-state index in [1.165, 1.54) is 30.3 Å². The Hall–Kier alpha value is -3.84. The van der Waals surface area contributed by atoms with Crippen LogP contribution in [0.4, 0.5) is 30.8 Å². The molecule has 2 N–H and O–H groups in total. The molecule has 0 radical (unpaired) electrons. The van der Waals surface area contributed by atoms with Crippen LogP contribution in [-0.2, 0) is 4.74 Å². The van der Waals surface area contributed by atoms with E-state index >= 15 is 0 Å². The summed E-state index contributed by atoms with van der Waals surface area (Å²) in [6, 6.07) is 7.19. The van der Waals surface area contributed by atoms with E-state index < -0.39 is 12.4 Å². The number of carbonyl (C=O) groups excluding carboxylic acids is 1. The topological polar surface area (TPSA) is 114 Å². The Bertz CT molecular complexity index is 1200. The number of ether oxygens (including phenoxy) is 2. The second-order valence-electron chi connectivity index (χ2n) is 8.50. The lowest BCUT2D eigenvalue weighted by atomic mass is 10.0. The highest BCUT2D eigenvalue weighted by Gasteiger charge is 2.38. The quantitative estimate of drug-likeness (QED) is 0.453. The number of fused-ring (bicyclic) bond motifs is 1. The number of carbonyl (C=O) groups is 1. The standard InChI is InChI=1S/C22H19F3N6O3.C2H7N/c23-17-6-26-22(31-7-13-10-33-11-14(13)8-31)28-20(17)27-19-5-16(18(9-32)29-30-19)12-1-3-15(4-2-12)34-21(24)25;1-3-2/h1-6,9,13-14,21H,7-8,10-11H2,(H,26,27,28,30);3H,1-2H3. The predicted octanol–water partition coefficient (Wildman–Crippen LogP) is 3.15. The van der Waals surface area contributed by atoms with Gasteiger partial charge in [0.15, 0.2) is 23.7 Å². The molecule has 2 aromatic heterocycles. The summed E-state index contributed by atoms with van der Waals surface area (Å²) in [7, 11) is 3.75. The van der Waals surface area contributed by atoms with Gasteiger partial charge < -0.3 is 25.0 Å². The third-order valence-corrected chi connectivity index (χ3v) is 5.83. The second-order valence-corrected chi connectivity index (χ2v) is 8.50. The molecule has 2 fully saturated rings. The third-order valence-electron chi connectivity index (χ3n) is 5.83. The van der Waals surface area contributed by atoms with Crippen LogP contribution >= 0.6 is 0 Å². The van der Waals surface area contributed by atoms with Crippen molar-refractivity contribution in [3.63, 3.8) is 0 Å². The summed E-state index contributed by atoms with van der Waals surface area (Å²) in [6.07, 6.45) is 1.61. The highest BCUT2D eigenvalue weighted by Crippen LogP contribution is 2.32. The van der Waals surface area contributed by atoms with E-state index in [9.17, 15) is 18.0 Å². The summed E-state index contributed by atoms with van der Waals surface area (Å²) in [5, 5.41) is 13.4. The monoisotopic (exact) mass is 517 g/mol. The molecule has 2 aliphatic rings. The molecule has 4 heterocycles. The van der Waals surface area contributed by atoms with Crippen LogP contribution in [-0.4, -0.2) is 73.5 Å². The van der Waals surface area contributed by atoms with Gasteiger partial charge in [-0.1, -0.05) is 12.1 Å². The maximum atomic E-state index is 14.5. The van der Waals surface area contributed by atoms with Crippen LogP contribution in [0.15, 0.2) is 36.5 Å². The van der Waals surface area contributed by atoms with E-state index in [0.29, 0.717) is 48.4 Å². The van der Waals surface area contributed by atoms with E-state index in [1.54, 1.807) is 0 Å². The largest absolute Gasteiger partial charge is 0.435 e. The van der Waals surface area contributed by atoms with Gasteiger partial charge in [-0.2, -0.15) is 13.8 Å². The molecule has 3 aromatic rings. The number of nitrogens with zero attached hydrogens (tertiary/aromatic N) is 5. The number of nitrogens with one attached hydrogen (secondary N) is 2. The van der Waals surface area contributed by atoms with Gasteiger partial charge in [-0.05, 0) is 37.9 Å². The van der Waals surface area contributed by atoms with Crippen LogP contribution in [0, 0.1) is 17.7 Å². The molecule has 10 nitrogen and oxygen atoms in total. The lowest BCUT2D eigenvalue weighted by Crippen LogP contribution is -2.24. The minimum absolute atomic E-state index is 0.0278. The number of aromatic nitrogens is 4. The number of alkyl halides is 2. The van der Waals surface area contributed by atoms with Gasteiger partial charge in [0.05, 0.1) is 19.4 Å². The molecular weight excluding hydrogens is 491 g/mol. The molecule has 0 saturated carbocycles. The predicted molar refractivity (Wildman–Crippen MR) is 130 cm³/mol. The molecule has 2 unspecified atom stereocenters. The van der Waals surface area contributed by atoms with Crippen molar-refractivity contribution in [2.75, 3.05) is 50.6 Å². The fraction of sp³-hybridized carbons (Fsp3) is 0.375. The van der Waals surface area contributed by atoms with E-state index in [-0.39, 0.29) is 23.1 Å². The maximum Gasteiger partial charge on any atom is 0.387 e. The van der Waals surface area contributed by atoms with Gasteiger partial charge in [0.1, 0.15) is 11.4 Å². The zero-order valence-electron chi connectivity index (χ0n) is 20.2. The number of hydrogen-bond acceptors (Lipinski definition) is 10.